The topological polar surface area (TPSA) is 20.3 Å². The first-order chi connectivity index (χ1) is 6.16. The van der Waals surface area contributed by atoms with Crippen molar-refractivity contribution in [1.82, 2.24) is 3.93 Å². The number of hydrogen-bond donors (Lipinski definition) is 0. The first-order valence-electron chi connectivity index (χ1n) is 4.75. The second-order valence-corrected chi connectivity index (χ2v) is 4.48. The molecule has 0 N–H and O–H groups in total. The summed E-state index contributed by atoms with van der Waals surface area (Å²) in [7, 11) is 0. The van der Waals surface area contributed by atoms with Gasteiger partial charge in [0.05, 0.1) is 21.6 Å². The number of nitrogens with zero attached hydrogens (tertiary/aromatic N) is 1. The molecular weight excluding hydrogens is 230 g/mol. The summed E-state index contributed by atoms with van der Waals surface area (Å²) >= 11 is 3.29. The average Bonchev–Trinajstić information content (AvgIpc) is 2.13. The van der Waals surface area contributed by atoms with Crippen LogP contribution in [0.15, 0.2) is 12.7 Å². The van der Waals surface area contributed by atoms with E-state index in [1.807, 2.05) is 6.08 Å². The minimum absolute atomic E-state index is 0.177. The minimum atomic E-state index is -0.177. The van der Waals surface area contributed by atoms with E-state index in [0.717, 1.165) is 32.2 Å². The molecule has 0 radical (unpaired) electrons. The first-order valence-corrected chi connectivity index (χ1v) is 5.46. The summed E-state index contributed by atoms with van der Waals surface area (Å²) in [6, 6.07) is 0. The van der Waals surface area contributed by atoms with Gasteiger partial charge >= 0.3 is 0 Å². The highest BCUT2D eigenvalue weighted by Gasteiger charge is 2.40. The summed E-state index contributed by atoms with van der Waals surface area (Å²) in [5, 5.41) is 0. The molecule has 0 saturated carbocycles. The standard InChI is InChI=1S/C10H16BrNO/c1-3-6-10(4-2)7-5-8-12(11)9(10)13/h3H,1,4-8H2,2H3/t10-/m1/s1. The summed E-state index contributed by atoms with van der Waals surface area (Å²) in [4.78, 5) is 11.9. The molecule has 0 aliphatic carbocycles. The van der Waals surface area contributed by atoms with Crippen LogP contribution in [-0.2, 0) is 4.79 Å². The van der Waals surface area contributed by atoms with Crippen molar-refractivity contribution in [2.45, 2.75) is 32.6 Å². The lowest BCUT2D eigenvalue weighted by Gasteiger charge is -2.37. The highest BCUT2D eigenvalue weighted by atomic mass is 79.9. The zero-order chi connectivity index (χ0) is 9.90. The normalized spacial score (nSPS) is 29.1. The highest BCUT2D eigenvalue weighted by Crippen LogP contribution is 2.39. The van der Waals surface area contributed by atoms with Crippen molar-refractivity contribution in [1.29, 1.82) is 0 Å². The van der Waals surface area contributed by atoms with E-state index in [1.54, 1.807) is 3.93 Å². The largest absolute Gasteiger partial charge is 0.278 e. The summed E-state index contributed by atoms with van der Waals surface area (Å²) in [6.07, 6.45) is 5.63. The smallest absolute Gasteiger partial charge is 0.238 e. The fourth-order valence-electron chi connectivity index (χ4n) is 1.96. The third kappa shape index (κ3) is 1.96. The van der Waals surface area contributed by atoms with Gasteiger partial charge in [0, 0.05) is 6.54 Å². The number of carbonyl (C=O) groups excluding carboxylic acids is 1. The average molecular weight is 246 g/mol. The monoisotopic (exact) mass is 245 g/mol. The van der Waals surface area contributed by atoms with Gasteiger partial charge in [0.1, 0.15) is 0 Å². The maximum atomic E-state index is 11.9. The maximum Gasteiger partial charge on any atom is 0.238 e. The van der Waals surface area contributed by atoms with Gasteiger partial charge in [-0.3, -0.25) is 8.72 Å². The van der Waals surface area contributed by atoms with Gasteiger partial charge in [-0.25, -0.2) is 0 Å². The highest BCUT2D eigenvalue weighted by molar-refractivity contribution is 9.07. The van der Waals surface area contributed by atoms with Gasteiger partial charge in [-0.05, 0) is 25.7 Å². The van der Waals surface area contributed by atoms with E-state index >= 15 is 0 Å². The van der Waals surface area contributed by atoms with Crippen LogP contribution in [0, 0.1) is 5.41 Å². The molecule has 1 atom stereocenters. The Bertz CT molecular complexity index is 217. The summed E-state index contributed by atoms with van der Waals surface area (Å²) in [6.45, 7) is 6.63. The molecule has 3 heteroatoms. The van der Waals surface area contributed by atoms with Crippen molar-refractivity contribution in [3.63, 3.8) is 0 Å². The van der Waals surface area contributed by atoms with Crippen molar-refractivity contribution < 1.29 is 4.79 Å². The van der Waals surface area contributed by atoms with Crippen LogP contribution in [0.2, 0.25) is 0 Å². The number of carbonyl (C=O) groups is 1. The molecule has 0 aromatic heterocycles. The predicted octanol–water partition coefficient (Wildman–Crippen LogP) is 2.89. The van der Waals surface area contributed by atoms with Crippen LogP contribution in [0.25, 0.3) is 0 Å². The second-order valence-electron chi connectivity index (χ2n) is 3.62. The molecule has 1 fully saturated rings. The van der Waals surface area contributed by atoms with Crippen molar-refractivity contribution in [2.24, 2.45) is 5.41 Å². The molecule has 0 bridgehead atoms. The van der Waals surface area contributed by atoms with Gasteiger partial charge in [-0.15, -0.1) is 6.58 Å². The number of allylic oxidation sites excluding steroid dienone is 1. The SMILES string of the molecule is C=CC[C@]1(CC)CCCN(Br)C1=O. The van der Waals surface area contributed by atoms with Crippen LogP contribution in [0.5, 0.6) is 0 Å². The minimum Gasteiger partial charge on any atom is -0.278 e. The molecule has 0 unspecified atom stereocenters. The quantitative estimate of drug-likeness (QED) is 0.553. The van der Waals surface area contributed by atoms with E-state index in [9.17, 15) is 4.79 Å². The molecule has 1 amide bonds. The van der Waals surface area contributed by atoms with Gasteiger partial charge in [0.25, 0.3) is 0 Å². The lowest BCUT2D eigenvalue weighted by atomic mass is 9.75. The van der Waals surface area contributed by atoms with Crippen molar-refractivity contribution in [3.05, 3.63) is 12.7 Å². The van der Waals surface area contributed by atoms with Gasteiger partial charge < -0.3 is 0 Å². The molecule has 13 heavy (non-hydrogen) atoms. The fraction of sp³-hybridized carbons (Fsp3) is 0.700. The summed E-state index contributed by atoms with van der Waals surface area (Å²) < 4.78 is 1.67. The zero-order valence-corrected chi connectivity index (χ0v) is 9.64. The van der Waals surface area contributed by atoms with Crippen LogP contribution in [-0.4, -0.2) is 16.4 Å². The van der Waals surface area contributed by atoms with Crippen LogP contribution in [0.4, 0.5) is 0 Å². The van der Waals surface area contributed by atoms with Gasteiger partial charge in [0.2, 0.25) is 5.91 Å². The molecule has 1 aliphatic rings. The maximum absolute atomic E-state index is 11.9. The van der Waals surface area contributed by atoms with Gasteiger partial charge in [-0.1, -0.05) is 13.0 Å². The van der Waals surface area contributed by atoms with E-state index in [2.05, 4.69) is 29.6 Å². The Kier molecular flexibility index (Phi) is 3.54. The molecule has 1 rings (SSSR count). The Morgan fingerprint density at radius 2 is 2.46 bits per heavy atom. The third-order valence-corrected chi connectivity index (χ3v) is 3.57. The molecule has 2 nitrogen and oxygen atoms in total. The van der Waals surface area contributed by atoms with Crippen molar-refractivity contribution in [3.8, 4) is 0 Å². The number of amides is 1. The predicted molar refractivity (Wildman–Crippen MR) is 57.4 cm³/mol. The van der Waals surface area contributed by atoms with Crippen molar-refractivity contribution in [2.75, 3.05) is 6.54 Å². The molecule has 1 aliphatic heterocycles. The zero-order valence-electron chi connectivity index (χ0n) is 8.05. The van der Waals surface area contributed by atoms with E-state index in [1.165, 1.54) is 0 Å². The number of hydrogen-bond acceptors (Lipinski definition) is 1. The first kappa shape index (κ1) is 10.8. The molecule has 0 aromatic carbocycles. The molecule has 0 aromatic rings. The Morgan fingerprint density at radius 3 is 3.00 bits per heavy atom. The Morgan fingerprint density at radius 1 is 1.77 bits per heavy atom. The number of piperidine rings is 1. The molecular formula is C10H16BrNO. The fourth-order valence-corrected chi connectivity index (χ4v) is 2.59. The molecule has 0 spiro atoms. The van der Waals surface area contributed by atoms with E-state index in [-0.39, 0.29) is 11.3 Å². The third-order valence-electron chi connectivity index (χ3n) is 2.90. The van der Waals surface area contributed by atoms with E-state index in [4.69, 9.17) is 0 Å². The van der Waals surface area contributed by atoms with Gasteiger partial charge in [0.15, 0.2) is 0 Å². The van der Waals surface area contributed by atoms with Crippen LogP contribution in [0.3, 0.4) is 0 Å². The Balaban J connectivity index is 2.82. The molecule has 74 valence electrons. The lowest BCUT2D eigenvalue weighted by molar-refractivity contribution is -0.139. The number of rotatable bonds is 3. The lowest BCUT2D eigenvalue weighted by Crippen LogP contribution is -2.43. The van der Waals surface area contributed by atoms with Crippen LogP contribution in [0.1, 0.15) is 32.6 Å². The Hall–Kier alpha value is -0.310. The van der Waals surface area contributed by atoms with Crippen LogP contribution < -0.4 is 0 Å². The van der Waals surface area contributed by atoms with E-state index in [0.29, 0.717) is 0 Å². The van der Waals surface area contributed by atoms with E-state index < -0.39 is 0 Å². The summed E-state index contributed by atoms with van der Waals surface area (Å²) in [5.74, 6) is 0.223. The molecule has 1 saturated heterocycles. The molecule has 1 heterocycles. The Labute approximate surface area is 88.3 Å². The second kappa shape index (κ2) is 4.27. The van der Waals surface area contributed by atoms with Crippen molar-refractivity contribution >= 4 is 22.1 Å². The van der Waals surface area contributed by atoms with Crippen LogP contribution >= 0.6 is 16.1 Å². The van der Waals surface area contributed by atoms with Gasteiger partial charge in [-0.2, -0.15) is 0 Å². The number of halogens is 1. The summed E-state index contributed by atoms with van der Waals surface area (Å²) in [5.41, 5.74) is -0.177.